The lowest BCUT2D eigenvalue weighted by atomic mass is 9.65. The minimum absolute atomic E-state index is 0.590. The maximum atomic E-state index is 6.24. The Balaban J connectivity index is 0.999. The highest BCUT2D eigenvalue weighted by Gasteiger charge is 2.51. The van der Waals surface area contributed by atoms with E-state index in [9.17, 15) is 0 Å². The highest BCUT2D eigenvalue weighted by atomic mass is 16.3. The van der Waals surface area contributed by atoms with Crippen molar-refractivity contribution in [3.05, 3.63) is 277 Å². The molecule has 11 aromatic carbocycles. The van der Waals surface area contributed by atoms with Gasteiger partial charge in [0.15, 0.2) is 0 Å². The largest absolute Gasteiger partial charge is 0.456 e. The van der Waals surface area contributed by atoms with Gasteiger partial charge >= 0.3 is 0 Å². The molecule has 0 saturated carbocycles. The molecule has 0 fully saturated rings. The van der Waals surface area contributed by atoms with Crippen molar-refractivity contribution in [1.29, 1.82) is 0 Å². The Labute approximate surface area is 405 Å². The summed E-state index contributed by atoms with van der Waals surface area (Å²) >= 11 is 0. The van der Waals surface area contributed by atoms with E-state index in [0.717, 1.165) is 55.7 Å². The van der Waals surface area contributed by atoms with Gasteiger partial charge in [-0.05, 0) is 110 Å². The van der Waals surface area contributed by atoms with Crippen LogP contribution in [0.2, 0.25) is 0 Å². The first-order chi connectivity index (χ1) is 34.8. The third-order valence-corrected chi connectivity index (χ3v) is 15.2. The Morgan fingerprint density at radius 1 is 0.343 bits per heavy atom. The van der Waals surface area contributed by atoms with Gasteiger partial charge in [0.25, 0.3) is 0 Å². The van der Waals surface area contributed by atoms with Gasteiger partial charge < -0.3 is 13.9 Å². The quantitative estimate of drug-likeness (QED) is 0.166. The molecule has 3 heterocycles. The molecule has 326 valence electrons. The van der Waals surface area contributed by atoms with Gasteiger partial charge in [0, 0.05) is 38.4 Å². The van der Waals surface area contributed by atoms with Crippen LogP contribution in [0.1, 0.15) is 22.3 Å². The van der Waals surface area contributed by atoms with E-state index in [1.54, 1.807) is 0 Å². The van der Waals surface area contributed by atoms with E-state index in [0.29, 0.717) is 0 Å². The Morgan fingerprint density at radius 2 is 0.943 bits per heavy atom. The number of anilines is 3. The van der Waals surface area contributed by atoms with Crippen LogP contribution >= 0.6 is 0 Å². The fraction of sp³-hybridized carbons (Fsp3) is 0.0149. The maximum absolute atomic E-state index is 6.24. The van der Waals surface area contributed by atoms with Crippen molar-refractivity contribution >= 4 is 60.8 Å². The van der Waals surface area contributed by atoms with Crippen LogP contribution in [0.4, 0.5) is 17.1 Å². The third-order valence-electron chi connectivity index (χ3n) is 15.2. The lowest BCUT2D eigenvalue weighted by Crippen LogP contribution is -2.33. The topological polar surface area (TPSA) is 21.3 Å². The summed E-state index contributed by atoms with van der Waals surface area (Å²) < 4.78 is 8.76. The van der Waals surface area contributed by atoms with Crippen LogP contribution in [0.15, 0.2) is 259 Å². The number of hydrogen-bond acceptors (Lipinski definition) is 2. The average molecular weight is 891 g/mol. The normalized spacial score (nSPS) is 14.3. The molecule has 3 nitrogen and oxygen atoms in total. The molecule has 1 unspecified atom stereocenters. The summed E-state index contributed by atoms with van der Waals surface area (Å²) in [6, 6.07) is 93.8. The van der Waals surface area contributed by atoms with Gasteiger partial charge in [-0.15, -0.1) is 0 Å². The van der Waals surface area contributed by atoms with E-state index in [2.05, 4.69) is 252 Å². The summed E-state index contributed by atoms with van der Waals surface area (Å²) in [5.74, 6) is 0. The Bertz CT molecular complexity index is 4250. The number of furan rings is 1. The predicted octanol–water partition coefficient (Wildman–Crippen LogP) is 17.8. The lowest BCUT2D eigenvalue weighted by molar-refractivity contribution is 0.669. The summed E-state index contributed by atoms with van der Waals surface area (Å²) in [5.41, 5.74) is 22.9. The molecular weight excluding hydrogens is 849 g/mol. The van der Waals surface area contributed by atoms with Crippen LogP contribution < -0.4 is 4.90 Å². The molecule has 70 heavy (non-hydrogen) atoms. The van der Waals surface area contributed by atoms with Crippen LogP contribution in [0, 0.1) is 0 Å². The molecule has 2 aliphatic rings. The molecule has 2 aromatic heterocycles. The molecule has 0 radical (unpaired) electrons. The number of para-hydroxylation sites is 5. The zero-order valence-electron chi connectivity index (χ0n) is 38.1. The summed E-state index contributed by atoms with van der Waals surface area (Å²) in [5, 5.41) is 4.80. The van der Waals surface area contributed by atoms with Crippen LogP contribution in [-0.4, -0.2) is 4.57 Å². The van der Waals surface area contributed by atoms with Crippen molar-refractivity contribution in [3.63, 3.8) is 0 Å². The van der Waals surface area contributed by atoms with Crippen molar-refractivity contribution in [1.82, 2.24) is 4.57 Å². The Hall–Kier alpha value is -9.18. The number of hydrogen-bond donors (Lipinski definition) is 0. The molecule has 0 saturated heterocycles. The second-order valence-corrected chi connectivity index (χ2v) is 18.7. The number of fused-ring (bicyclic) bond motifs is 15. The molecule has 3 heteroatoms. The fourth-order valence-electron chi connectivity index (χ4n) is 12.4. The van der Waals surface area contributed by atoms with Crippen molar-refractivity contribution in [3.8, 4) is 50.2 Å². The minimum Gasteiger partial charge on any atom is -0.456 e. The van der Waals surface area contributed by atoms with Gasteiger partial charge in [-0.25, -0.2) is 0 Å². The van der Waals surface area contributed by atoms with Gasteiger partial charge in [-0.3, -0.25) is 0 Å². The number of rotatable bonds is 6. The van der Waals surface area contributed by atoms with E-state index >= 15 is 0 Å². The van der Waals surface area contributed by atoms with Crippen LogP contribution in [0.3, 0.4) is 0 Å². The van der Waals surface area contributed by atoms with Gasteiger partial charge in [0.1, 0.15) is 11.2 Å². The summed E-state index contributed by atoms with van der Waals surface area (Å²) in [4.78, 5) is 2.52. The molecule has 15 rings (SSSR count). The lowest BCUT2D eigenvalue weighted by Gasteiger charge is -2.39. The molecule has 0 bridgehead atoms. The van der Waals surface area contributed by atoms with Crippen molar-refractivity contribution in [2.24, 2.45) is 0 Å². The number of aromatic nitrogens is 1. The molecule has 13 aromatic rings. The summed E-state index contributed by atoms with van der Waals surface area (Å²) in [6.07, 6.45) is 0. The monoisotopic (exact) mass is 890 g/mol. The Morgan fingerprint density at radius 3 is 1.81 bits per heavy atom. The highest BCUT2D eigenvalue weighted by Crippen LogP contribution is 2.63. The van der Waals surface area contributed by atoms with Crippen molar-refractivity contribution in [2.75, 3.05) is 4.90 Å². The minimum atomic E-state index is -0.590. The van der Waals surface area contributed by atoms with Gasteiger partial charge in [-0.2, -0.15) is 0 Å². The van der Waals surface area contributed by atoms with Gasteiger partial charge in [0.05, 0.1) is 33.5 Å². The molecule has 1 aliphatic heterocycles. The van der Waals surface area contributed by atoms with E-state index in [4.69, 9.17) is 4.42 Å². The first-order valence-corrected chi connectivity index (χ1v) is 24.2. The second-order valence-electron chi connectivity index (χ2n) is 18.7. The van der Waals surface area contributed by atoms with E-state index in [1.165, 1.54) is 77.6 Å². The molecule has 0 amide bonds. The Kier molecular flexibility index (Phi) is 8.28. The van der Waals surface area contributed by atoms with Gasteiger partial charge in [0.2, 0.25) is 0 Å². The SMILES string of the molecule is c1ccc(-c2ccccc2-c2ccccc2N(c2ccc(-c3ccc4oc5ccccc5c4c3)cc2)c2cccc3c2-c2ccccc2C32c3ccccc3-n3c4ccccc4c4cccc2c43)cc1. The third kappa shape index (κ3) is 5.34. The average Bonchev–Trinajstić information content (AvgIpc) is 4.08. The molecular formula is C67H42N2O. The van der Waals surface area contributed by atoms with E-state index in [-0.39, 0.29) is 0 Å². The van der Waals surface area contributed by atoms with Crippen LogP contribution in [-0.2, 0) is 5.41 Å². The maximum Gasteiger partial charge on any atom is 0.135 e. The van der Waals surface area contributed by atoms with E-state index < -0.39 is 5.41 Å². The number of nitrogens with zero attached hydrogens (tertiary/aromatic N) is 2. The van der Waals surface area contributed by atoms with Gasteiger partial charge in [-0.1, -0.05) is 200 Å². The fourth-order valence-corrected chi connectivity index (χ4v) is 12.4. The molecule has 1 atom stereocenters. The van der Waals surface area contributed by atoms with Crippen molar-refractivity contribution in [2.45, 2.75) is 5.41 Å². The number of benzene rings is 11. The van der Waals surface area contributed by atoms with Crippen LogP contribution in [0.5, 0.6) is 0 Å². The zero-order chi connectivity index (χ0) is 45.9. The molecule has 0 N–H and O–H groups in total. The van der Waals surface area contributed by atoms with Crippen LogP contribution in [0.25, 0.3) is 93.9 Å². The second kappa shape index (κ2) is 14.9. The smallest absolute Gasteiger partial charge is 0.135 e. The van der Waals surface area contributed by atoms with E-state index in [1.807, 2.05) is 12.1 Å². The standard InChI is InChI=1S/C67H42N2O/c1-2-18-44(19-3-1)47-20-4-5-21-48(47)49-22-7-12-31-59(49)68(46-39-36-43(37-40-46)45-38-41-64-54(42-45)51-24-9-15-35-63(51)70-64)62-34-17-29-57-65(62)53-25-6-10-27-55(53)67(57)56-28-11-14-33-61(56)69-60-32-13-8-23-50(60)52-26-16-30-58(67)66(52)69/h1-42H. The van der Waals surface area contributed by atoms with Crippen molar-refractivity contribution < 1.29 is 4.42 Å². The zero-order valence-corrected chi connectivity index (χ0v) is 38.1. The first-order valence-electron chi connectivity index (χ1n) is 24.2. The molecule has 1 aliphatic carbocycles. The first kappa shape index (κ1) is 38.9. The molecule has 1 spiro atoms. The summed E-state index contributed by atoms with van der Waals surface area (Å²) in [7, 11) is 0. The highest BCUT2D eigenvalue weighted by molar-refractivity contribution is 6.13. The predicted molar refractivity (Wildman–Crippen MR) is 290 cm³/mol. The summed E-state index contributed by atoms with van der Waals surface area (Å²) in [6.45, 7) is 0.